The minimum absolute atomic E-state index is 0.350. The summed E-state index contributed by atoms with van der Waals surface area (Å²) in [4.78, 5) is 25.9. The molecule has 3 aromatic carbocycles. The molecule has 1 aliphatic carbocycles. The molecule has 6 rings (SSSR count). The average Bonchev–Trinajstić information content (AvgIpc) is 3.50. The molecule has 7 heteroatoms. The highest BCUT2D eigenvalue weighted by Crippen LogP contribution is 2.42. The Labute approximate surface area is 206 Å². The van der Waals surface area contributed by atoms with Crippen molar-refractivity contribution in [2.75, 3.05) is 19.5 Å². The fourth-order valence-corrected chi connectivity index (χ4v) is 4.94. The number of para-hydroxylation sites is 1. The number of rotatable bonds is 5. The number of furan rings is 1. The summed E-state index contributed by atoms with van der Waals surface area (Å²) in [6.45, 7) is 0. The highest BCUT2D eigenvalue weighted by Gasteiger charge is 2.23. The van der Waals surface area contributed by atoms with Crippen LogP contribution in [0.1, 0.15) is 27.9 Å². The Morgan fingerprint density at radius 1 is 0.833 bits per heavy atom. The molecular formula is C29H23NO6. The molecule has 0 radical (unpaired) electrons. The molecule has 1 aliphatic rings. The molecule has 0 saturated carbocycles. The Balaban J connectivity index is 1.52. The minimum Gasteiger partial charge on any atom is -0.493 e. The molecule has 7 nitrogen and oxygen atoms in total. The number of carbonyl (C=O) groups excluding carboxylic acids is 1. The SMILES string of the molecule is COc1ccc(C(=O)Nc2c(-c3cc(=O)oc4cc5c(cc34)CCC5)oc3ccccc23)cc1OC. The number of benzene rings is 3. The molecule has 0 fully saturated rings. The fourth-order valence-electron chi connectivity index (χ4n) is 4.94. The largest absolute Gasteiger partial charge is 0.493 e. The van der Waals surface area contributed by atoms with E-state index in [0.717, 1.165) is 30.0 Å². The van der Waals surface area contributed by atoms with E-state index >= 15 is 0 Å². The smallest absolute Gasteiger partial charge is 0.336 e. The van der Waals surface area contributed by atoms with Crippen LogP contribution in [0.25, 0.3) is 33.3 Å². The third kappa shape index (κ3) is 3.60. The van der Waals surface area contributed by atoms with Crippen molar-refractivity contribution in [3.8, 4) is 22.8 Å². The van der Waals surface area contributed by atoms with Gasteiger partial charge in [0.2, 0.25) is 0 Å². The summed E-state index contributed by atoms with van der Waals surface area (Å²) in [5, 5.41) is 4.51. The lowest BCUT2D eigenvalue weighted by Gasteiger charge is -2.11. The Bertz CT molecular complexity index is 1710. The number of anilines is 1. The van der Waals surface area contributed by atoms with Gasteiger partial charge in [0.1, 0.15) is 11.2 Å². The highest BCUT2D eigenvalue weighted by atomic mass is 16.5. The minimum atomic E-state index is -0.479. The van der Waals surface area contributed by atoms with Gasteiger partial charge in [-0.15, -0.1) is 0 Å². The molecule has 0 aliphatic heterocycles. The molecule has 0 spiro atoms. The Morgan fingerprint density at radius 2 is 1.61 bits per heavy atom. The predicted octanol–water partition coefficient (Wildman–Crippen LogP) is 5.96. The topological polar surface area (TPSA) is 90.9 Å². The van der Waals surface area contributed by atoms with Crippen LogP contribution in [0, 0.1) is 0 Å². The number of aryl methyl sites for hydroxylation is 2. The van der Waals surface area contributed by atoms with Crippen LogP contribution in [-0.4, -0.2) is 20.1 Å². The van der Waals surface area contributed by atoms with Crippen molar-refractivity contribution >= 4 is 33.5 Å². The molecule has 180 valence electrons. The van der Waals surface area contributed by atoms with E-state index in [4.69, 9.17) is 18.3 Å². The molecule has 1 amide bonds. The van der Waals surface area contributed by atoms with Gasteiger partial charge in [0.25, 0.3) is 5.91 Å². The number of ether oxygens (including phenoxy) is 2. The molecule has 5 aromatic rings. The zero-order chi connectivity index (χ0) is 24.8. The average molecular weight is 482 g/mol. The van der Waals surface area contributed by atoms with Gasteiger partial charge in [0.15, 0.2) is 17.3 Å². The maximum absolute atomic E-state index is 13.4. The third-order valence-electron chi connectivity index (χ3n) is 6.68. The van der Waals surface area contributed by atoms with Gasteiger partial charge in [-0.25, -0.2) is 4.79 Å². The van der Waals surface area contributed by atoms with Crippen molar-refractivity contribution in [2.24, 2.45) is 0 Å². The van der Waals surface area contributed by atoms with E-state index in [2.05, 4.69) is 11.4 Å². The number of methoxy groups -OCH3 is 2. The summed E-state index contributed by atoms with van der Waals surface area (Å²) < 4.78 is 22.4. The lowest BCUT2D eigenvalue weighted by Crippen LogP contribution is -2.12. The normalized spacial score (nSPS) is 12.6. The van der Waals surface area contributed by atoms with E-state index in [1.807, 2.05) is 30.3 Å². The Kier molecular flexibility index (Phi) is 5.25. The first kappa shape index (κ1) is 22.0. The van der Waals surface area contributed by atoms with Gasteiger partial charge in [-0.05, 0) is 72.9 Å². The van der Waals surface area contributed by atoms with Crippen molar-refractivity contribution in [2.45, 2.75) is 19.3 Å². The van der Waals surface area contributed by atoms with Crippen molar-refractivity contribution in [3.63, 3.8) is 0 Å². The van der Waals surface area contributed by atoms with Crippen molar-refractivity contribution in [3.05, 3.63) is 87.8 Å². The van der Waals surface area contributed by atoms with Crippen LogP contribution >= 0.6 is 0 Å². The second-order valence-corrected chi connectivity index (χ2v) is 8.78. The first-order valence-electron chi connectivity index (χ1n) is 11.7. The zero-order valence-corrected chi connectivity index (χ0v) is 19.8. The quantitative estimate of drug-likeness (QED) is 0.311. The zero-order valence-electron chi connectivity index (χ0n) is 19.8. The maximum Gasteiger partial charge on any atom is 0.336 e. The standard InChI is InChI=1S/C29H23NO6/c1-33-23-11-10-18(14-25(23)34-2)29(32)30-27-19-8-3-4-9-22(19)36-28(27)21-15-26(31)35-24-13-17-7-5-6-16(17)12-20(21)24/h3-4,8-15H,5-7H2,1-2H3,(H,30,32). The lowest BCUT2D eigenvalue weighted by atomic mass is 10.0. The van der Waals surface area contributed by atoms with Crippen LogP contribution in [0.3, 0.4) is 0 Å². The van der Waals surface area contributed by atoms with Crippen LogP contribution in [-0.2, 0) is 12.8 Å². The number of fused-ring (bicyclic) bond motifs is 3. The summed E-state index contributed by atoms with van der Waals surface area (Å²) >= 11 is 0. The van der Waals surface area contributed by atoms with Crippen molar-refractivity contribution < 1.29 is 23.1 Å². The van der Waals surface area contributed by atoms with Gasteiger partial charge in [-0.1, -0.05) is 12.1 Å². The summed E-state index contributed by atoms with van der Waals surface area (Å²) in [5.41, 5.74) is 4.52. The van der Waals surface area contributed by atoms with E-state index in [1.54, 1.807) is 18.2 Å². The van der Waals surface area contributed by atoms with E-state index in [0.29, 0.717) is 45.2 Å². The first-order chi connectivity index (χ1) is 17.6. The molecular weight excluding hydrogens is 458 g/mol. The van der Waals surface area contributed by atoms with E-state index in [1.165, 1.54) is 31.4 Å². The number of nitrogens with one attached hydrogen (secondary N) is 1. The lowest BCUT2D eigenvalue weighted by molar-refractivity contribution is 0.102. The van der Waals surface area contributed by atoms with Gasteiger partial charge in [-0.3, -0.25) is 4.79 Å². The first-order valence-corrected chi connectivity index (χ1v) is 11.7. The second-order valence-electron chi connectivity index (χ2n) is 8.78. The van der Waals surface area contributed by atoms with Crippen LogP contribution in [0.5, 0.6) is 11.5 Å². The molecule has 2 heterocycles. The number of carbonyl (C=O) groups is 1. The predicted molar refractivity (Wildman–Crippen MR) is 137 cm³/mol. The molecule has 1 N–H and O–H groups in total. The third-order valence-corrected chi connectivity index (χ3v) is 6.68. The van der Waals surface area contributed by atoms with Gasteiger partial charge in [0.05, 0.1) is 19.9 Å². The number of amides is 1. The maximum atomic E-state index is 13.4. The van der Waals surface area contributed by atoms with Crippen LogP contribution in [0.15, 0.2) is 74.3 Å². The summed E-state index contributed by atoms with van der Waals surface area (Å²) in [7, 11) is 3.06. The van der Waals surface area contributed by atoms with Crippen LogP contribution < -0.4 is 20.4 Å². The Morgan fingerprint density at radius 3 is 2.42 bits per heavy atom. The highest BCUT2D eigenvalue weighted by molar-refractivity contribution is 6.13. The van der Waals surface area contributed by atoms with Crippen molar-refractivity contribution in [1.29, 1.82) is 0 Å². The molecule has 36 heavy (non-hydrogen) atoms. The van der Waals surface area contributed by atoms with Crippen LogP contribution in [0.4, 0.5) is 5.69 Å². The van der Waals surface area contributed by atoms with Gasteiger partial charge < -0.3 is 23.6 Å². The number of hydrogen-bond acceptors (Lipinski definition) is 6. The second kappa shape index (κ2) is 8.61. The van der Waals surface area contributed by atoms with E-state index < -0.39 is 5.63 Å². The summed E-state index contributed by atoms with van der Waals surface area (Å²) in [6, 6.07) is 17.8. The molecule has 0 saturated heterocycles. The van der Waals surface area contributed by atoms with E-state index in [9.17, 15) is 9.59 Å². The van der Waals surface area contributed by atoms with Crippen molar-refractivity contribution in [1.82, 2.24) is 0 Å². The van der Waals surface area contributed by atoms with Gasteiger partial charge in [-0.2, -0.15) is 0 Å². The van der Waals surface area contributed by atoms with Crippen LogP contribution in [0.2, 0.25) is 0 Å². The fraction of sp³-hybridized carbons (Fsp3) is 0.172. The Hall–Kier alpha value is -4.52. The molecule has 0 atom stereocenters. The molecule has 2 aromatic heterocycles. The monoisotopic (exact) mass is 481 g/mol. The van der Waals surface area contributed by atoms with Gasteiger partial charge >= 0.3 is 5.63 Å². The summed E-state index contributed by atoms with van der Waals surface area (Å²) in [6.07, 6.45) is 3.02. The molecule has 0 bridgehead atoms. The van der Waals surface area contributed by atoms with Gasteiger partial charge in [0, 0.05) is 28.0 Å². The molecule has 0 unspecified atom stereocenters. The number of hydrogen-bond donors (Lipinski definition) is 1. The van der Waals surface area contributed by atoms with E-state index in [-0.39, 0.29) is 5.91 Å². The summed E-state index contributed by atoms with van der Waals surface area (Å²) in [5.74, 6) is 1.03.